The molecule has 2 aromatic rings. The van der Waals surface area contributed by atoms with Gasteiger partial charge in [-0.05, 0) is 32.0 Å². The molecule has 0 unspecified atom stereocenters. The number of hydrogen-bond acceptors (Lipinski definition) is 4. The summed E-state index contributed by atoms with van der Waals surface area (Å²) < 4.78 is 0. The van der Waals surface area contributed by atoms with Gasteiger partial charge in [0.1, 0.15) is 0 Å². The molecule has 0 spiro atoms. The van der Waals surface area contributed by atoms with Crippen LogP contribution in [0, 0.1) is 13.8 Å². The monoisotopic (exact) mass is 291 g/mol. The van der Waals surface area contributed by atoms with Gasteiger partial charge in [0, 0.05) is 10.6 Å². The summed E-state index contributed by atoms with van der Waals surface area (Å²) in [5, 5.41) is 14.6. The van der Waals surface area contributed by atoms with Crippen LogP contribution in [0.4, 0.5) is 15.6 Å². The van der Waals surface area contributed by atoms with Crippen LogP contribution in [-0.4, -0.2) is 22.1 Å². The van der Waals surface area contributed by atoms with E-state index in [9.17, 15) is 9.59 Å². The standard InChI is InChI=1S/C13H13N3O3S/c1-7-8(2)20-13(14-7)16-12(19)15-10-5-3-4-9(6-10)11(17)18/h3-6H,1-2H3,(H,17,18)(H2,14,15,16,19). The Kier molecular flexibility index (Phi) is 3.99. The van der Waals surface area contributed by atoms with E-state index in [1.807, 2.05) is 13.8 Å². The van der Waals surface area contributed by atoms with Gasteiger partial charge in [0.15, 0.2) is 5.13 Å². The number of aromatic nitrogens is 1. The minimum atomic E-state index is -1.04. The number of aromatic carboxylic acids is 1. The van der Waals surface area contributed by atoms with Crippen molar-refractivity contribution in [3.05, 3.63) is 40.4 Å². The third kappa shape index (κ3) is 3.33. The molecule has 0 bridgehead atoms. The summed E-state index contributed by atoms with van der Waals surface area (Å²) in [6.45, 7) is 3.79. The second-order valence-corrected chi connectivity index (χ2v) is 5.33. The van der Waals surface area contributed by atoms with E-state index in [-0.39, 0.29) is 5.56 Å². The fourth-order valence-electron chi connectivity index (χ4n) is 1.52. The number of nitrogens with zero attached hydrogens (tertiary/aromatic N) is 1. The van der Waals surface area contributed by atoms with Crippen LogP contribution in [0.5, 0.6) is 0 Å². The van der Waals surface area contributed by atoms with Gasteiger partial charge in [0.05, 0.1) is 11.3 Å². The first kappa shape index (κ1) is 14.0. The first-order chi connectivity index (χ1) is 9.45. The summed E-state index contributed by atoms with van der Waals surface area (Å²) in [5.74, 6) is -1.04. The van der Waals surface area contributed by atoms with Crippen LogP contribution >= 0.6 is 11.3 Å². The Morgan fingerprint density at radius 2 is 2.00 bits per heavy atom. The second kappa shape index (κ2) is 5.70. The second-order valence-electron chi connectivity index (χ2n) is 4.13. The smallest absolute Gasteiger partial charge is 0.335 e. The van der Waals surface area contributed by atoms with E-state index in [2.05, 4.69) is 15.6 Å². The summed E-state index contributed by atoms with van der Waals surface area (Å²) in [6.07, 6.45) is 0. The predicted molar refractivity (Wildman–Crippen MR) is 77.6 cm³/mol. The lowest BCUT2D eigenvalue weighted by Gasteiger charge is -2.05. The van der Waals surface area contributed by atoms with Crippen molar-refractivity contribution in [1.29, 1.82) is 0 Å². The largest absolute Gasteiger partial charge is 0.478 e. The normalized spacial score (nSPS) is 10.1. The quantitative estimate of drug-likeness (QED) is 0.810. The molecule has 0 aliphatic heterocycles. The molecule has 20 heavy (non-hydrogen) atoms. The number of carboxylic acid groups (broad SMARTS) is 1. The molecule has 1 heterocycles. The number of amides is 2. The molecule has 3 N–H and O–H groups in total. The van der Waals surface area contributed by atoms with Crippen LogP contribution in [0.3, 0.4) is 0 Å². The van der Waals surface area contributed by atoms with Crippen molar-refractivity contribution in [3.63, 3.8) is 0 Å². The number of carbonyl (C=O) groups excluding carboxylic acids is 1. The third-order valence-electron chi connectivity index (χ3n) is 2.62. The van der Waals surface area contributed by atoms with E-state index >= 15 is 0 Å². The minimum absolute atomic E-state index is 0.115. The van der Waals surface area contributed by atoms with Gasteiger partial charge in [-0.1, -0.05) is 6.07 Å². The van der Waals surface area contributed by atoms with Gasteiger partial charge in [0.2, 0.25) is 0 Å². The molecule has 0 saturated carbocycles. The Hall–Kier alpha value is -2.41. The van der Waals surface area contributed by atoms with E-state index in [1.165, 1.54) is 23.5 Å². The molecule has 6 nitrogen and oxygen atoms in total. The number of benzene rings is 1. The van der Waals surface area contributed by atoms with Crippen LogP contribution in [0.15, 0.2) is 24.3 Å². The number of anilines is 2. The molecule has 0 aliphatic carbocycles. The Bertz CT molecular complexity index is 647. The van der Waals surface area contributed by atoms with Crippen molar-refractivity contribution in [2.24, 2.45) is 0 Å². The lowest BCUT2D eigenvalue weighted by Crippen LogP contribution is -2.19. The Morgan fingerprint density at radius 3 is 2.60 bits per heavy atom. The fourth-order valence-corrected chi connectivity index (χ4v) is 2.33. The number of carbonyl (C=O) groups is 2. The summed E-state index contributed by atoms with van der Waals surface area (Å²) >= 11 is 1.38. The first-order valence-electron chi connectivity index (χ1n) is 5.81. The first-order valence-corrected chi connectivity index (χ1v) is 6.63. The van der Waals surface area contributed by atoms with E-state index in [1.54, 1.807) is 12.1 Å². The van der Waals surface area contributed by atoms with Crippen molar-refractivity contribution < 1.29 is 14.7 Å². The molecule has 0 radical (unpaired) electrons. The van der Waals surface area contributed by atoms with Gasteiger partial charge >= 0.3 is 12.0 Å². The molecule has 7 heteroatoms. The molecule has 2 amide bonds. The van der Waals surface area contributed by atoms with Gasteiger partial charge in [-0.3, -0.25) is 5.32 Å². The maximum Gasteiger partial charge on any atom is 0.335 e. The highest BCUT2D eigenvalue weighted by Crippen LogP contribution is 2.21. The average Bonchev–Trinajstić information content (AvgIpc) is 2.68. The Morgan fingerprint density at radius 1 is 1.25 bits per heavy atom. The molecule has 2 rings (SSSR count). The van der Waals surface area contributed by atoms with Crippen LogP contribution in [0.1, 0.15) is 20.9 Å². The lowest BCUT2D eigenvalue weighted by atomic mass is 10.2. The SMILES string of the molecule is Cc1nc(NC(=O)Nc2cccc(C(=O)O)c2)sc1C. The molecule has 0 fully saturated rings. The number of hydrogen-bond donors (Lipinski definition) is 3. The summed E-state index contributed by atoms with van der Waals surface area (Å²) in [6, 6.07) is 5.57. The zero-order valence-corrected chi connectivity index (χ0v) is 11.7. The van der Waals surface area contributed by atoms with Crippen LogP contribution in [0.25, 0.3) is 0 Å². The third-order valence-corrected chi connectivity index (χ3v) is 3.60. The van der Waals surface area contributed by atoms with E-state index in [0.717, 1.165) is 10.6 Å². The predicted octanol–water partition coefficient (Wildman–Crippen LogP) is 3.10. The highest BCUT2D eigenvalue weighted by Gasteiger charge is 2.09. The van der Waals surface area contributed by atoms with Crippen LogP contribution in [0.2, 0.25) is 0 Å². The number of rotatable bonds is 3. The fraction of sp³-hybridized carbons (Fsp3) is 0.154. The molecule has 0 atom stereocenters. The van der Waals surface area contributed by atoms with Crippen molar-refractivity contribution in [3.8, 4) is 0 Å². The van der Waals surface area contributed by atoms with E-state index in [4.69, 9.17) is 5.11 Å². The maximum atomic E-state index is 11.8. The van der Waals surface area contributed by atoms with Gasteiger partial charge in [-0.2, -0.15) is 0 Å². The lowest BCUT2D eigenvalue weighted by molar-refractivity contribution is 0.0697. The number of carboxylic acids is 1. The number of aryl methyl sites for hydroxylation is 2. The molecule has 1 aromatic carbocycles. The summed E-state index contributed by atoms with van der Waals surface area (Å²) in [7, 11) is 0. The summed E-state index contributed by atoms with van der Waals surface area (Å²) in [4.78, 5) is 27.8. The van der Waals surface area contributed by atoms with Crippen molar-refractivity contribution in [2.45, 2.75) is 13.8 Å². The van der Waals surface area contributed by atoms with Gasteiger partial charge in [-0.15, -0.1) is 11.3 Å². The van der Waals surface area contributed by atoms with Crippen LogP contribution < -0.4 is 10.6 Å². The Labute approximate surface area is 119 Å². The number of nitrogens with one attached hydrogen (secondary N) is 2. The highest BCUT2D eigenvalue weighted by molar-refractivity contribution is 7.15. The molecule has 0 saturated heterocycles. The molecule has 0 aliphatic rings. The van der Waals surface area contributed by atoms with E-state index in [0.29, 0.717) is 10.8 Å². The Balaban J connectivity index is 2.04. The van der Waals surface area contributed by atoms with E-state index < -0.39 is 12.0 Å². The topological polar surface area (TPSA) is 91.3 Å². The van der Waals surface area contributed by atoms with Gasteiger partial charge in [0.25, 0.3) is 0 Å². The zero-order valence-electron chi connectivity index (χ0n) is 10.9. The van der Waals surface area contributed by atoms with Crippen LogP contribution in [-0.2, 0) is 0 Å². The highest BCUT2D eigenvalue weighted by atomic mass is 32.1. The van der Waals surface area contributed by atoms with Crippen molar-refractivity contribution in [2.75, 3.05) is 10.6 Å². The van der Waals surface area contributed by atoms with Gasteiger partial charge in [-0.25, -0.2) is 14.6 Å². The molecule has 104 valence electrons. The number of thiazole rings is 1. The average molecular weight is 291 g/mol. The maximum absolute atomic E-state index is 11.8. The molecular formula is C13H13N3O3S. The van der Waals surface area contributed by atoms with Gasteiger partial charge < -0.3 is 10.4 Å². The summed E-state index contributed by atoms with van der Waals surface area (Å²) in [5.41, 5.74) is 1.40. The minimum Gasteiger partial charge on any atom is -0.478 e. The molecular weight excluding hydrogens is 278 g/mol. The van der Waals surface area contributed by atoms with Crippen molar-refractivity contribution in [1.82, 2.24) is 4.98 Å². The van der Waals surface area contributed by atoms with Crippen molar-refractivity contribution >= 4 is 34.2 Å². The zero-order chi connectivity index (χ0) is 14.7. The number of urea groups is 1. The molecule has 1 aromatic heterocycles.